The van der Waals surface area contributed by atoms with Crippen molar-refractivity contribution in [3.8, 4) is 11.5 Å². The number of ether oxygens (including phenoxy) is 2. The van der Waals surface area contributed by atoms with Gasteiger partial charge in [-0.2, -0.15) is 0 Å². The summed E-state index contributed by atoms with van der Waals surface area (Å²) in [6.45, 7) is 4.83. The second-order valence-corrected chi connectivity index (χ2v) is 8.78. The van der Waals surface area contributed by atoms with Crippen LogP contribution in [0.5, 0.6) is 11.5 Å². The second kappa shape index (κ2) is 10.6. The predicted molar refractivity (Wildman–Crippen MR) is 136 cm³/mol. The van der Waals surface area contributed by atoms with Crippen molar-refractivity contribution >= 4 is 39.5 Å². The summed E-state index contributed by atoms with van der Waals surface area (Å²) < 4.78 is 12.6. The van der Waals surface area contributed by atoms with Crippen molar-refractivity contribution in [2.24, 2.45) is 0 Å². The highest BCUT2D eigenvalue weighted by atomic mass is 79.9. The monoisotopic (exact) mass is 520 g/mol. The molecule has 174 valence electrons. The molecule has 4 rings (SSSR count). The van der Waals surface area contributed by atoms with E-state index in [4.69, 9.17) is 9.47 Å². The lowest BCUT2D eigenvalue weighted by atomic mass is 10.1. The minimum atomic E-state index is -0.464. The van der Waals surface area contributed by atoms with Crippen LogP contribution in [0.4, 0.5) is 5.69 Å². The van der Waals surface area contributed by atoms with E-state index in [0.717, 1.165) is 22.2 Å². The molecule has 0 radical (unpaired) electrons. The molecule has 1 heterocycles. The molecule has 34 heavy (non-hydrogen) atoms. The summed E-state index contributed by atoms with van der Waals surface area (Å²) in [5.41, 5.74) is 6.24. The summed E-state index contributed by atoms with van der Waals surface area (Å²) in [5.74, 6) is 0.482. The van der Waals surface area contributed by atoms with Gasteiger partial charge in [0.15, 0.2) is 0 Å². The lowest BCUT2D eigenvalue weighted by Crippen LogP contribution is -2.35. The minimum Gasteiger partial charge on any atom is -0.490 e. The van der Waals surface area contributed by atoms with Gasteiger partial charge in [-0.25, -0.2) is 5.01 Å². The maximum atomic E-state index is 12.9. The van der Waals surface area contributed by atoms with Crippen LogP contribution < -0.4 is 19.9 Å². The third-order valence-electron chi connectivity index (χ3n) is 5.31. The summed E-state index contributed by atoms with van der Waals surface area (Å²) in [5, 5.41) is 1.24. The van der Waals surface area contributed by atoms with Crippen LogP contribution in [0.2, 0.25) is 0 Å². The van der Waals surface area contributed by atoms with E-state index in [-0.39, 0.29) is 5.57 Å². The van der Waals surface area contributed by atoms with Gasteiger partial charge in [-0.3, -0.25) is 15.0 Å². The number of carbonyl (C=O) groups is 2. The maximum absolute atomic E-state index is 12.9. The van der Waals surface area contributed by atoms with Gasteiger partial charge in [0.2, 0.25) is 0 Å². The first-order valence-electron chi connectivity index (χ1n) is 11.0. The first kappa shape index (κ1) is 23.6. The molecule has 0 aliphatic carbocycles. The standard InChI is InChI=1S/C27H25BrN2O4/c1-3-19-13-18(2)14-23(15-19)33-11-12-34-25-10-9-21(28)16-20(25)17-24-26(31)29-30(27(24)32)22-7-5-4-6-8-22/h4-10,13-17H,3,11-12H2,1-2H3,(H,29,31)/b24-17+. The zero-order valence-electron chi connectivity index (χ0n) is 19.0. The van der Waals surface area contributed by atoms with Gasteiger partial charge in [0.25, 0.3) is 11.8 Å². The lowest BCUT2D eigenvalue weighted by molar-refractivity contribution is -0.117. The van der Waals surface area contributed by atoms with Crippen LogP contribution in [0, 0.1) is 6.92 Å². The molecule has 3 aromatic rings. The van der Waals surface area contributed by atoms with Gasteiger partial charge in [0, 0.05) is 10.0 Å². The van der Waals surface area contributed by atoms with Crippen LogP contribution >= 0.6 is 15.9 Å². The molecule has 1 N–H and O–H groups in total. The van der Waals surface area contributed by atoms with Crippen LogP contribution in [0.15, 0.2) is 76.8 Å². The summed E-state index contributed by atoms with van der Waals surface area (Å²) in [7, 11) is 0. The quantitative estimate of drug-likeness (QED) is 0.250. The van der Waals surface area contributed by atoms with Gasteiger partial charge < -0.3 is 9.47 Å². The number of anilines is 1. The summed E-state index contributed by atoms with van der Waals surface area (Å²) >= 11 is 3.45. The molecule has 0 unspecified atom stereocenters. The van der Waals surface area contributed by atoms with E-state index in [1.807, 2.05) is 37.3 Å². The number of halogens is 1. The van der Waals surface area contributed by atoms with Crippen LogP contribution in [0.1, 0.15) is 23.6 Å². The van der Waals surface area contributed by atoms with Crippen molar-refractivity contribution in [1.82, 2.24) is 5.43 Å². The molecule has 3 aromatic carbocycles. The highest BCUT2D eigenvalue weighted by Gasteiger charge is 2.34. The Morgan fingerprint density at radius 1 is 0.971 bits per heavy atom. The molecular weight excluding hydrogens is 496 g/mol. The Morgan fingerprint density at radius 3 is 2.50 bits per heavy atom. The second-order valence-electron chi connectivity index (χ2n) is 7.86. The molecule has 0 spiro atoms. The SMILES string of the molecule is CCc1cc(C)cc(OCCOc2ccc(Br)cc2/C=C2\C(=O)NN(c3ccccc3)C2=O)c1. The number of rotatable bonds is 8. The molecule has 0 bridgehead atoms. The third-order valence-corrected chi connectivity index (χ3v) is 5.80. The summed E-state index contributed by atoms with van der Waals surface area (Å²) in [4.78, 5) is 25.5. The fourth-order valence-electron chi connectivity index (χ4n) is 3.66. The summed E-state index contributed by atoms with van der Waals surface area (Å²) in [6.07, 6.45) is 2.50. The average molecular weight is 521 g/mol. The number of benzene rings is 3. The highest BCUT2D eigenvalue weighted by molar-refractivity contribution is 9.10. The number of aryl methyl sites for hydroxylation is 2. The van der Waals surface area contributed by atoms with Gasteiger partial charge in [-0.05, 0) is 73.0 Å². The maximum Gasteiger partial charge on any atom is 0.282 e. The van der Waals surface area contributed by atoms with Crippen molar-refractivity contribution in [3.63, 3.8) is 0 Å². The number of hydrogen-bond acceptors (Lipinski definition) is 4. The van der Waals surface area contributed by atoms with Crippen molar-refractivity contribution in [3.05, 3.63) is 93.5 Å². The molecule has 6 nitrogen and oxygen atoms in total. The zero-order valence-corrected chi connectivity index (χ0v) is 20.6. The van der Waals surface area contributed by atoms with E-state index < -0.39 is 11.8 Å². The highest BCUT2D eigenvalue weighted by Crippen LogP contribution is 2.28. The molecule has 1 aliphatic rings. The number of carbonyl (C=O) groups excluding carboxylic acids is 2. The molecule has 1 aliphatic heterocycles. The third kappa shape index (κ3) is 5.48. The summed E-state index contributed by atoms with van der Waals surface area (Å²) in [6, 6.07) is 20.6. The van der Waals surface area contributed by atoms with Crippen LogP contribution in [0.25, 0.3) is 6.08 Å². The fourth-order valence-corrected chi connectivity index (χ4v) is 4.04. The van der Waals surface area contributed by atoms with Crippen LogP contribution in [0.3, 0.4) is 0 Å². The molecule has 7 heteroatoms. The van der Waals surface area contributed by atoms with Gasteiger partial charge in [-0.15, -0.1) is 0 Å². The van der Waals surface area contributed by atoms with Crippen LogP contribution in [-0.4, -0.2) is 25.0 Å². The van der Waals surface area contributed by atoms with Crippen molar-refractivity contribution in [1.29, 1.82) is 0 Å². The van der Waals surface area contributed by atoms with E-state index in [2.05, 4.69) is 34.3 Å². The normalized spacial score (nSPS) is 14.4. The first-order valence-corrected chi connectivity index (χ1v) is 11.8. The van der Waals surface area contributed by atoms with Gasteiger partial charge in [0.05, 0.1) is 5.69 Å². The topological polar surface area (TPSA) is 67.9 Å². The molecule has 1 fully saturated rings. The number of nitrogens with one attached hydrogen (secondary N) is 1. The van der Waals surface area contributed by atoms with E-state index in [9.17, 15) is 9.59 Å². The lowest BCUT2D eigenvalue weighted by Gasteiger charge is -2.14. The number of hydrogen-bond donors (Lipinski definition) is 1. The molecule has 1 saturated heterocycles. The van der Waals surface area contributed by atoms with Gasteiger partial charge >= 0.3 is 0 Å². The van der Waals surface area contributed by atoms with E-state index in [1.165, 1.54) is 10.6 Å². The Kier molecular flexibility index (Phi) is 7.33. The predicted octanol–water partition coefficient (Wildman–Crippen LogP) is 5.24. The number of para-hydroxylation sites is 1. The number of hydrazine groups is 1. The zero-order chi connectivity index (χ0) is 24.1. The Balaban J connectivity index is 1.47. The Labute approximate surface area is 207 Å². The van der Waals surface area contributed by atoms with E-state index >= 15 is 0 Å². The largest absolute Gasteiger partial charge is 0.490 e. The minimum absolute atomic E-state index is 0.0370. The van der Waals surface area contributed by atoms with Crippen LogP contribution in [-0.2, 0) is 16.0 Å². The molecule has 0 saturated carbocycles. The fraction of sp³-hybridized carbons (Fsp3) is 0.185. The molecule has 2 amide bonds. The Hall–Kier alpha value is -3.58. The molecular formula is C27H25BrN2O4. The molecule has 0 atom stereocenters. The smallest absolute Gasteiger partial charge is 0.282 e. The van der Waals surface area contributed by atoms with E-state index in [0.29, 0.717) is 30.2 Å². The number of nitrogens with zero attached hydrogens (tertiary/aromatic N) is 1. The average Bonchev–Trinajstić information content (AvgIpc) is 3.11. The number of amides is 2. The first-order chi connectivity index (χ1) is 16.4. The van der Waals surface area contributed by atoms with E-state index in [1.54, 1.807) is 36.4 Å². The Bertz CT molecular complexity index is 1240. The van der Waals surface area contributed by atoms with Crippen molar-refractivity contribution in [2.75, 3.05) is 18.2 Å². The van der Waals surface area contributed by atoms with Crippen molar-refractivity contribution < 1.29 is 19.1 Å². The van der Waals surface area contributed by atoms with Gasteiger partial charge in [-0.1, -0.05) is 47.1 Å². The van der Waals surface area contributed by atoms with Gasteiger partial charge in [0.1, 0.15) is 30.3 Å². The van der Waals surface area contributed by atoms with Crippen molar-refractivity contribution in [2.45, 2.75) is 20.3 Å². The molecule has 0 aromatic heterocycles. The Morgan fingerprint density at radius 2 is 1.74 bits per heavy atom.